The molecule has 2 heterocycles. The molecule has 2 aromatic rings. The van der Waals surface area contributed by atoms with Gasteiger partial charge >= 0.3 is 6.18 Å². The monoisotopic (exact) mass is 288 g/mol. The summed E-state index contributed by atoms with van der Waals surface area (Å²) in [5.74, 6) is 0.457. The average Bonchev–Trinajstić information content (AvgIpc) is 2.79. The van der Waals surface area contributed by atoms with E-state index in [1.165, 1.54) is 6.20 Å². The van der Waals surface area contributed by atoms with Crippen LogP contribution in [0.4, 0.5) is 19.0 Å². The molecular weight excluding hydrogens is 273 g/mol. The van der Waals surface area contributed by atoms with Gasteiger partial charge in [0.05, 0.1) is 12.2 Å². The van der Waals surface area contributed by atoms with Gasteiger partial charge in [-0.1, -0.05) is 13.8 Å². The SMILES string of the molecule is CC(C)c1cc2c(NCC(O)C(F)(F)F)nccn2n1. The standard InChI is InChI=1S/C12H15F3N4O/c1-7(2)8-5-9-11(16-3-4-19(9)18-8)17-6-10(20)12(13,14)15/h3-5,7,10,20H,6H2,1-2H3,(H,16,17). The lowest BCUT2D eigenvalue weighted by molar-refractivity contribution is -0.198. The Labute approximate surface area is 113 Å². The first-order valence-corrected chi connectivity index (χ1v) is 6.12. The number of aromatic nitrogens is 3. The van der Waals surface area contributed by atoms with Crippen LogP contribution in [0.2, 0.25) is 0 Å². The summed E-state index contributed by atoms with van der Waals surface area (Å²) < 4.78 is 38.3. The summed E-state index contributed by atoms with van der Waals surface area (Å²) in [5, 5.41) is 15.8. The summed E-state index contributed by atoms with van der Waals surface area (Å²) in [7, 11) is 0. The van der Waals surface area contributed by atoms with Crippen molar-refractivity contribution in [1.29, 1.82) is 0 Å². The van der Waals surface area contributed by atoms with Crippen LogP contribution < -0.4 is 5.32 Å². The number of hydrogen-bond donors (Lipinski definition) is 2. The minimum atomic E-state index is -4.65. The topological polar surface area (TPSA) is 62.5 Å². The average molecular weight is 288 g/mol. The molecule has 0 amide bonds. The van der Waals surface area contributed by atoms with Gasteiger partial charge in [0.15, 0.2) is 11.9 Å². The van der Waals surface area contributed by atoms with Gasteiger partial charge in [-0.2, -0.15) is 18.3 Å². The van der Waals surface area contributed by atoms with Gasteiger partial charge < -0.3 is 10.4 Å². The first kappa shape index (κ1) is 14.6. The molecule has 2 N–H and O–H groups in total. The fourth-order valence-corrected chi connectivity index (χ4v) is 1.67. The van der Waals surface area contributed by atoms with Crippen molar-refractivity contribution in [1.82, 2.24) is 14.6 Å². The highest BCUT2D eigenvalue weighted by atomic mass is 19.4. The highest BCUT2D eigenvalue weighted by molar-refractivity contribution is 5.67. The minimum absolute atomic E-state index is 0.198. The lowest BCUT2D eigenvalue weighted by Gasteiger charge is -2.15. The van der Waals surface area contributed by atoms with E-state index in [4.69, 9.17) is 5.11 Å². The molecule has 20 heavy (non-hydrogen) atoms. The molecule has 0 aromatic carbocycles. The molecule has 8 heteroatoms. The molecule has 0 saturated carbocycles. The molecule has 0 spiro atoms. The van der Waals surface area contributed by atoms with Crippen LogP contribution in [-0.4, -0.2) is 38.5 Å². The molecule has 0 radical (unpaired) electrons. The number of alkyl halides is 3. The predicted octanol–water partition coefficient (Wildman–Crippen LogP) is 2.19. The maximum absolute atomic E-state index is 12.2. The summed E-state index contributed by atoms with van der Waals surface area (Å²) in [4.78, 5) is 3.98. The zero-order valence-corrected chi connectivity index (χ0v) is 11.0. The van der Waals surface area contributed by atoms with Gasteiger partial charge in [-0.3, -0.25) is 0 Å². The molecule has 0 aliphatic heterocycles. The van der Waals surface area contributed by atoms with E-state index in [1.54, 1.807) is 16.8 Å². The smallest absolute Gasteiger partial charge is 0.382 e. The summed E-state index contributed by atoms with van der Waals surface area (Å²) in [5.41, 5.74) is 1.39. The van der Waals surface area contributed by atoms with E-state index in [1.807, 2.05) is 13.8 Å². The highest BCUT2D eigenvalue weighted by Crippen LogP contribution is 2.22. The van der Waals surface area contributed by atoms with Gasteiger partial charge in [-0.05, 0) is 12.0 Å². The van der Waals surface area contributed by atoms with Crippen molar-refractivity contribution in [3.05, 3.63) is 24.2 Å². The zero-order chi connectivity index (χ0) is 14.9. The Hall–Kier alpha value is -1.83. The number of hydrogen-bond acceptors (Lipinski definition) is 4. The van der Waals surface area contributed by atoms with E-state index in [2.05, 4.69) is 15.4 Å². The van der Waals surface area contributed by atoms with Gasteiger partial charge in [0.2, 0.25) is 0 Å². The second-order valence-corrected chi connectivity index (χ2v) is 4.77. The number of nitrogens with one attached hydrogen (secondary N) is 1. The van der Waals surface area contributed by atoms with E-state index in [9.17, 15) is 13.2 Å². The number of aliphatic hydroxyl groups excluding tert-OH is 1. The minimum Gasteiger partial charge on any atom is -0.382 e. The second-order valence-electron chi connectivity index (χ2n) is 4.77. The Morgan fingerprint density at radius 1 is 1.40 bits per heavy atom. The van der Waals surface area contributed by atoms with E-state index in [0.29, 0.717) is 5.52 Å². The van der Waals surface area contributed by atoms with E-state index in [-0.39, 0.29) is 11.7 Å². The summed E-state index contributed by atoms with van der Waals surface area (Å²) in [6.45, 7) is 3.28. The molecular formula is C12H15F3N4O. The Bertz CT molecular complexity index is 594. The van der Waals surface area contributed by atoms with Crippen molar-refractivity contribution >= 4 is 11.3 Å². The van der Waals surface area contributed by atoms with Crippen LogP contribution in [0.15, 0.2) is 18.5 Å². The molecule has 0 saturated heterocycles. The molecule has 1 atom stereocenters. The van der Waals surface area contributed by atoms with Crippen molar-refractivity contribution in [3.8, 4) is 0 Å². The maximum atomic E-state index is 12.2. The lowest BCUT2D eigenvalue weighted by Crippen LogP contribution is -2.35. The van der Waals surface area contributed by atoms with Gasteiger partial charge in [0, 0.05) is 12.4 Å². The molecule has 5 nitrogen and oxygen atoms in total. The summed E-state index contributed by atoms with van der Waals surface area (Å²) in [6.07, 6.45) is -4.03. The Morgan fingerprint density at radius 2 is 2.10 bits per heavy atom. The van der Waals surface area contributed by atoms with Crippen LogP contribution in [0, 0.1) is 0 Å². The lowest BCUT2D eigenvalue weighted by atomic mass is 10.1. The molecule has 1 unspecified atom stereocenters. The van der Waals surface area contributed by atoms with Gasteiger partial charge in [-0.15, -0.1) is 0 Å². The van der Waals surface area contributed by atoms with Crippen molar-refractivity contribution in [3.63, 3.8) is 0 Å². The molecule has 110 valence electrons. The molecule has 0 aliphatic rings. The molecule has 0 bridgehead atoms. The Balaban J connectivity index is 2.22. The van der Waals surface area contributed by atoms with Gasteiger partial charge in [0.1, 0.15) is 5.52 Å². The molecule has 0 fully saturated rings. The number of anilines is 1. The third-order valence-electron chi connectivity index (χ3n) is 2.84. The van der Waals surface area contributed by atoms with Crippen LogP contribution >= 0.6 is 0 Å². The van der Waals surface area contributed by atoms with Gasteiger partial charge in [-0.25, -0.2) is 9.50 Å². The normalized spacial score (nSPS) is 13.9. The number of halogens is 3. The summed E-state index contributed by atoms with van der Waals surface area (Å²) >= 11 is 0. The molecule has 0 aliphatic carbocycles. The van der Waals surface area contributed by atoms with Crippen LogP contribution in [0.1, 0.15) is 25.5 Å². The third kappa shape index (κ3) is 3.01. The Morgan fingerprint density at radius 3 is 2.70 bits per heavy atom. The van der Waals surface area contributed by atoms with Crippen molar-refractivity contribution in [2.45, 2.75) is 32.0 Å². The van der Waals surface area contributed by atoms with Crippen LogP contribution in [-0.2, 0) is 0 Å². The van der Waals surface area contributed by atoms with Gasteiger partial charge in [0.25, 0.3) is 0 Å². The summed E-state index contributed by atoms with van der Waals surface area (Å²) in [6, 6.07) is 1.76. The second kappa shape index (κ2) is 5.28. The van der Waals surface area contributed by atoms with Crippen LogP contribution in [0.3, 0.4) is 0 Å². The van der Waals surface area contributed by atoms with E-state index in [0.717, 1.165) is 5.69 Å². The quantitative estimate of drug-likeness (QED) is 0.905. The van der Waals surface area contributed by atoms with Crippen molar-refractivity contribution in [2.75, 3.05) is 11.9 Å². The first-order valence-electron chi connectivity index (χ1n) is 6.12. The predicted molar refractivity (Wildman–Crippen MR) is 67.6 cm³/mol. The fourth-order valence-electron chi connectivity index (χ4n) is 1.67. The van der Waals surface area contributed by atoms with Crippen LogP contribution in [0.25, 0.3) is 5.52 Å². The third-order valence-corrected chi connectivity index (χ3v) is 2.84. The first-order chi connectivity index (χ1) is 9.29. The molecule has 2 aromatic heterocycles. The number of aliphatic hydroxyl groups is 1. The van der Waals surface area contributed by atoms with Crippen molar-refractivity contribution in [2.24, 2.45) is 0 Å². The molecule has 2 rings (SSSR count). The fraction of sp³-hybridized carbons (Fsp3) is 0.500. The van der Waals surface area contributed by atoms with Crippen molar-refractivity contribution < 1.29 is 18.3 Å². The number of fused-ring (bicyclic) bond motifs is 1. The van der Waals surface area contributed by atoms with E-state index >= 15 is 0 Å². The van der Waals surface area contributed by atoms with Crippen LogP contribution in [0.5, 0.6) is 0 Å². The number of nitrogens with zero attached hydrogens (tertiary/aromatic N) is 3. The highest BCUT2D eigenvalue weighted by Gasteiger charge is 2.38. The Kier molecular flexibility index (Phi) is 3.85. The number of rotatable bonds is 4. The zero-order valence-electron chi connectivity index (χ0n) is 11.0. The maximum Gasteiger partial charge on any atom is 0.416 e. The largest absolute Gasteiger partial charge is 0.416 e. The van der Waals surface area contributed by atoms with E-state index < -0.39 is 18.8 Å².